The fraction of sp³-hybridized carbons (Fsp3) is 0.500. The molecule has 0 saturated carbocycles. The number of carbonyl (C=O) groups excluding carboxylic acids is 1. The highest BCUT2D eigenvalue weighted by molar-refractivity contribution is 5.79. The first-order chi connectivity index (χ1) is 14.1. The number of carbonyl (C=O) groups is 1. The second-order valence-electron chi connectivity index (χ2n) is 7.80. The Morgan fingerprint density at radius 2 is 1.72 bits per heavy atom. The number of piperazine rings is 1. The third-order valence-electron chi connectivity index (χ3n) is 5.52. The van der Waals surface area contributed by atoms with E-state index in [1.807, 2.05) is 30.0 Å². The van der Waals surface area contributed by atoms with Gasteiger partial charge in [0.15, 0.2) is 0 Å². The molecule has 2 saturated heterocycles. The maximum atomic E-state index is 12.7. The van der Waals surface area contributed by atoms with E-state index in [1.54, 1.807) is 0 Å². The van der Waals surface area contributed by atoms with Gasteiger partial charge in [0.1, 0.15) is 5.82 Å². The second-order valence-corrected chi connectivity index (χ2v) is 7.80. The molecule has 0 radical (unpaired) electrons. The monoisotopic (exact) mass is 395 g/mol. The molecule has 1 aromatic heterocycles. The van der Waals surface area contributed by atoms with Gasteiger partial charge in [-0.25, -0.2) is 4.98 Å². The normalized spacial score (nSPS) is 17.5. The van der Waals surface area contributed by atoms with Crippen LogP contribution in [0.5, 0.6) is 0 Å². The summed E-state index contributed by atoms with van der Waals surface area (Å²) in [5.41, 5.74) is 3.24. The molecule has 0 spiro atoms. The minimum atomic E-state index is 0.197. The van der Waals surface area contributed by atoms with E-state index >= 15 is 0 Å². The summed E-state index contributed by atoms with van der Waals surface area (Å²) in [5.74, 6) is 1.93. The molecule has 2 fully saturated rings. The number of rotatable bonds is 4. The highest BCUT2D eigenvalue weighted by Gasteiger charge is 2.23. The maximum absolute atomic E-state index is 12.7. The molecule has 1 amide bonds. The van der Waals surface area contributed by atoms with Gasteiger partial charge in [0.05, 0.1) is 19.6 Å². The molecule has 1 aromatic carbocycles. The molecule has 0 atom stereocenters. The lowest BCUT2D eigenvalue weighted by molar-refractivity contribution is -0.130. The van der Waals surface area contributed by atoms with E-state index in [1.165, 1.54) is 5.56 Å². The number of ether oxygens (including phenoxy) is 1. The summed E-state index contributed by atoms with van der Waals surface area (Å²) >= 11 is 0. The van der Waals surface area contributed by atoms with Gasteiger partial charge in [-0.1, -0.05) is 29.8 Å². The number of morpholine rings is 1. The zero-order valence-corrected chi connectivity index (χ0v) is 17.3. The van der Waals surface area contributed by atoms with Gasteiger partial charge in [-0.05, 0) is 19.4 Å². The summed E-state index contributed by atoms with van der Waals surface area (Å²) < 4.78 is 5.44. The first kappa shape index (κ1) is 19.6. The maximum Gasteiger partial charge on any atom is 0.227 e. The van der Waals surface area contributed by atoms with Crippen LogP contribution >= 0.6 is 0 Å². The lowest BCUT2D eigenvalue weighted by Crippen LogP contribution is -2.49. The summed E-state index contributed by atoms with van der Waals surface area (Å²) in [4.78, 5) is 28.5. The van der Waals surface area contributed by atoms with E-state index < -0.39 is 0 Å². The molecular weight excluding hydrogens is 366 g/mol. The Morgan fingerprint density at radius 3 is 2.45 bits per heavy atom. The van der Waals surface area contributed by atoms with E-state index in [2.05, 4.69) is 33.8 Å². The first-order valence-corrected chi connectivity index (χ1v) is 10.3. The number of anilines is 2. The van der Waals surface area contributed by atoms with Crippen LogP contribution in [0.1, 0.15) is 16.8 Å². The number of amides is 1. The predicted octanol–water partition coefficient (Wildman–Crippen LogP) is 1.82. The third-order valence-corrected chi connectivity index (χ3v) is 5.52. The van der Waals surface area contributed by atoms with Crippen molar-refractivity contribution >= 4 is 17.7 Å². The number of aryl methyl sites for hydroxylation is 2. The summed E-state index contributed by atoms with van der Waals surface area (Å²) in [5, 5.41) is 0. The van der Waals surface area contributed by atoms with E-state index in [0.29, 0.717) is 19.6 Å². The number of hydrogen-bond donors (Lipinski definition) is 0. The lowest BCUT2D eigenvalue weighted by Gasteiger charge is -2.36. The molecule has 4 rings (SSSR count). The second kappa shape index (κ2) is 8.78. The van der Waals surface area contributed by atoms with Crippen molar-refractivity contribution in [3.8, 4) is 0 Å². The van der Waals surface area contributed by atoms with Gasteiger partial charge in [0.2, 0.25) is 11.9 Å². The fourth-order valence-corrected chi connectivity index (χ4v) is 3.90. The van der Waals surface area contributed by atoms with Crippen LogP contribution in [0.3, 0.4) is 0 Å². The zero-order valence-electron chi connectivity index (χ0n) is 17.3. The van der Waals surface area contributed by atoms with Crippen molar-refractivity contribution in [2.75, 3.05) is 62.3 Å². The van der Waals surface area contributed by atoms with Gasteiger partial charge in [-0.15, -0.1) is 0 Å². The SMILES string of the molecule is Cc1cccc(CC(=O)N2CCN(c3cc(C)nc(N4CCOCC4)n3)CC2)c1. The smallest absolute Gasteiger partial charge is 0.227 e. The average molecular weight is 396 g/mol. The van der Waals surface area contributed by atoms with Crippen molar-refractivity contribution < 1.29 is 9.53 Å². The Hall–Kier alpha value is -2.67. The van der Waals surface area contributed by atoms with Gasteiger partial charge in [0.25, 0.3) is 0 Å². The lowest BCUT2D eigenvalue weighted by atomic mass is 10.1. The van der Waals surface area contributed by atoms with Gasteiger partial charge in [-0.2, -0.15) is 4.98 Å². The highest BCUT2D eigenvalue weighted by atomic mass is 16.5. The van der Waals surface area contributed by atoms with Crippen molar-refractivity contribution in [1.82, 2.24) is 14.9 Å². The standard InChI is InChI=1S/C22H29N5O2/c1-17-4-3-5-19(14-17)16-21(28)26-8-6-25(7-9-26)20-15-18(2)23-22(24-20)27-10-12-29-13-11-27/h3-5,14-15H,6-13,16H2,1-2H3. The number of aromatic nitrogens is 2. The van der Waals surface area contributed by atoms with E-state index in [9.17, 15) is 4.79 Å². The summed E-state index contributed by atoms with van der Waals surface area (Å²) in [6.45, 7) is 10.2. The van der Waals surface area contributed by atoms with Crippen LogP contribution in [0.4, 0.5) is 11.8 Å². The molecule has 2 aliphatic heterocycles. The molecule has 2 aromatic rings. The van der Waals surface area contributed by atoms with E-state index in [0.717, 1.165) is 62.3 Å². The summed E-state index contributed by atoms with van der Waals surface area (Å²) in [7, 11) is 0. The fourth-order valence-electron chi connectivity index (χ4n) is 3.90. The Balaban J connectivity index is 1.38. The third kappa shape index (κ3) is 4.85. The van der Waals surface area contributed by atoms with Crippen molar-refractivity contribution in [3.05, 3.63) is 47.2 Å². The van der Waals surface area contributed by atoms with Crippen LogP contribution in [-0.2, 0) is 16.0 Å². The van der Waals surface area contributed by atoms with Crippen LogP contribution in [0.15, 0.2) is 30.3 Å². The molecule has 0 N–H and O–H groups in total. The number of hydrogen-bond acceptors (Lipinski definition) is 6. The molecule has 154 valence electrons. The Morgan fingerprint density at radius 1 is 0.966 bits per heavy atom. The summed E-state index contributed by atoms with van der Waals surface area (Å²) in [6, 6.07) is 10.2. The first-order valence-electron chi connectivity index (χ1n) is 10.3. The highest BCUT2D eigenvalue weighted by Crippen LogP contribution is 2.20. The largest absolute Gasteiger partial charge is 0.378 e. The Bertz CT molecular complexity index is 858. The van der Waals surface area contributed by atoms with Gasteiger partial charge >= 0.3 is 0 Å². The molecule has 0 aliphatic carbocycles. The van der Waals surface area contributed by atoms with Gasteiger partial charge < -0.3 is 19.4 Å². The van der Waals surface area contributed by atoms with Crippen molar-refractivity contribution in [2.24, 2.45) is 0 Å². The van der Waals surface area contributed by atoms with Crippen molar-refractivity contribution in [2.45, 2.75) is 20.3 Å². The Labute approximate surface area is 172 Å². The zero-order chi connectivity index (χ0) is 20.2. The van der Waals surface area contributed by atoms with E-state index in [4.69, 9.17) is 9.72 Å². The predicted molar refractivity (Wildman–Crippen MR) is 113 cm³/mol. The van der Waals surface area contributed by atoms with E-state index in [-0.39, 0.29) is 5.91 Å². The van der Waals surface area contributed by atoms with Crippen LogP contribution < -0.4 is 9.80 Å². The van der Waals surface area contributed by atoms with Crippen LogP contribution in [-0.4, -0.2) is 73.3 Å². The molecule has 7 nitrogen and oxygen atoms in total. The quantitative estimate of drug-likeness (QED) is 0.787. The Kier molecular flexibility index (Phi) is 5.94. The van der Waals surface area contributed by atoms with Gasteiger partial charge in [0, 0.05) is 51.0 Å². The topological polar surface area (TPSA) is 61.8 Å². The average Bonchev–Trinajstić information content (AvgIpc) is 2.74. The van der Waals surface area contributed by atoms with Crippen LogP contribution in [0.2, 0.25) is 0 Å². The molecule has 2 aliphatic rings. The molecule has 0 bridgehead atoms. The van der Waals surface area contributed by atoms with Gasteiger partial charge in [-0.3, -0.25) is 4.79 Å². The molecule has 29 heavy (non-hydrogen) atoms. The minimum Gasteiger partial charge on any atom is -0.378 e. The number of nitrogens with zero attached hydrogens (tertiary/aromatic N) is 5. The molecular formula is C22H29N5O2. The summed E-state index contributed by atoms with van der Waals surface area (Å²) in [6.07, 6.45) is 0.468. The van der Waals surface area contributed by atoms with Crippen molar-refractivity contribution in [1.29, 1.82) is 0 Å². The van der Waals surface area contributed by atoms with Crippen LogP contribution in [0.25, 0.3) is 0 Å². The molecule has 3 heterocycles. The van der Waals surface area contributed by atoms with Crippen molar-refractivity contribution in [3.63, 3.8) is 0 Å². The van der Waals surface area contributed by atoms with Crippen LogP contribution in [0, 0.1) is 13.8 Å². The molecule has 0 unspecified atom stereocenters. The number of benzene rings is 1. The minimum absolute atomic E-state index is 0.197. The molecule has 7 heteroatoms.